The molecule has 0 aromatic heterocycles. The minimum atomic E-state index is -0.750. The van der Waals surface area contributed by atoms with Gasteiger partial charge in [-0.15, -0.1) is 0 Å². The summed E-state index contributed by atoms with van der Waals surface area (Å²) in [6.07, 6.45) is 0.306. The average Bonchev–Trinajstić information content (AvgIpc) is 2.52. The van der Waals surface area contributed by atoms with Gasteiger partial charge in [0, 0.05) is 11.4 Å². The first kappa shape index (κ1) is 17.6. The van der Waals surface area contributed by atoms with Crippen molar-refractivity contribution in [3.63, 3.8) is 0 Å². The van der Waals surface area contributed by atoms with Crippen LogP contribution in [0, 0.1) is 0 Å². The van der Waals surface area contributed by atoms with E-state index in [0.717, 1.165) is 5.56 Å². The number of hydrogen-bond donors (Lipinski definition) is 1. The van der Waals surface area contributed by atoms with Gasteiger partial charge in [0.05, 0.1) is 11.6 Å². The van der Waals surface area contributed by atoms with Gasteiger partial charge < -0.3 is 15.2 Å². The Kier molecular flexibility index (Phi) is 6.28. The number of carbonyl (C=O) groups excluding carboxylic acids is 1. The number of ether oxygens (including phenoxy) is 2. The third-order valence-electron chi connectivity index (χ3n) is 3.12. The topological polar surface area (TPSA) is 61.5 Å². The summed E-state index contributed by atoms with van der Waals surface area (Å²) in [6.45, 7) is 2.04. The first-order valence-electron chi connectivity index (χ1n) is 7.14. The molecule has 0 saturated carbocycles. The molecule has 4 nitrogen and oxygen atoms in total. The number of carbonyl (C=O) groups is 1. The van der Waals surface area contributed by atoms with E-state index in [0.29, 0.717) is 34.6 Å². The van der Waals surface area contributed by atoms with Crippen molar-refractivity contribution in [2.24, 2.45) is 5.73 Å². The van der Waals surface area contributed by atoms with E-state index in [1.54, 1.807) is 31.2 Å². The minimum Gasteiger partial charge on any atom is -0.465 e. The zero-order valence-electron chi connectivity index (χ0n) is 12.6. The highest BCUT2D eigenvalue weighted by Gasteiger charge is 2.18. The Morgan fingerprint density at radius 1 is 1.17 bits per heavy atom. The van der Waals surface area contributed by atoms with Gasteiger partial charge in [0.25, 0.3) is 0 Å². The fourth-order valence-electron chi connectivity index (χ4n) is 2.02. The van der Waals surface area contributed by atoms with E-state index in [4.69, 9.17) is 38.4 Å². The lowest BCUT2D eigenvalue weighted by molar-refractivity contribution is -0.144. The second kappa shape index (κ2) is 8.20. The fourth-order valence-corrected chi connectivity index (χ4v) is 2.47. The molecule has 0 radical (unpaired) electrons. The zero-order chi connectivity index (χ0) is 16.8. The Bertz CT molecular complexity index is 691. The van der Waals surface area contributed by atoms with E-state index in [1.807, 2.05) is 18.2 Å². The molecule has 2 rings (SSSR count). The van der Waals surface area contributed by atoms with Crippen molar-refractivity contribution in [2.45, 2.75) is 19.4 Å². The maximum absolute atomic E-state index is 11.7. The molecule has 0 saturated heterocycles. The van der Waals surface area contributed by atoms with Gasteiger partial charge in [-0.3, -0.25) is 4.79 Å². The van der Waals surface area contributed by atoms with E-state index in [1.165, 1.54) is 0 Å². The van der Waals surface area contributed by atoms with Gasteiger partial charge in [0.2, 0.25) is 0 Å². The predicted octanol–water partition coefficient (Wildman–Crippen LogP) is 4.22. The summed E-state index contributed by atoms with van der Waals surface area (Å²) in [5, 5.41) is 0.932. The van der Waals surface area contributed by atoms with Gasteiger partial charge in [-0.05, 0) is 36.8 Å². The molecule has 1 atom stereocenters. The number of benzene rings is 2. The van der Waals surface area contributed by atoms with Crippen molar-refractivity contribution < 1.29 is 14.3 Å². The molecule has 2 N–H and O–H groups in total. The van der Waals surface area contributed by atoms with Crippen molar-refractivity contribution >= 4 is 29.2 Å². The van der Waals surface area contributed by atoms with E-state index in [-0.39, 0.29) is 0 Å². The molecule has 6 heteroatoms. The van der Waals surface area contributed by atoms with Crippen LogP contribution in [0.2, 0.25) is 10.0 Å². The van der Waals surface area contributed by atoms with Gasteiger partial charge in [-0.2, -0.15) is 0 Å². The summed E-state index contributed by atoms with van der Waals surface area (Å²) < 4.78 is 10.8. The van der Waals surface area contributed by atoms with Gasteiger partial charge in [0.15, 0.2) is 0 Å². The predicted molar refractivity (Wildman–Crippen MR) is 91.3 cm³/mol. The van der Waals surface area contributed by atoms with Gasteiger partial charge in [0.1, 0.15) is 17.5 Å². The van der Waals surface area contributed by atoms with Crippen molar-refractivity contribution in [1.29, 1.82) is 0 Å². The van der Waals surface area contributed by atoms with Crippen LogP contribution in [-0.4, -0.2) is 18.6 Å². The molecule has 0 aliphatic carbocycles. The molecule has 2 aromatic carbocycles. The fraction of sp³-hybridized carbons (Fsp3) is 0.235. The molecule has 0 spiro atoms. The summed E-state index contributed by atoms with van der Waals surface area (Å²) in [7, 11) is 0. The molecule has 0 bridgehead atoms. The maximum atomic E-state index is 11.7. The maximum Gasteiger partial charge on any atom is 0.323 e. The largest absolute Gasteiger partial charge is 0.465 e. The Morgan fingerprint density at radius 3 is 2.61 bits per heavy atom. The number of para-hydroxylation sites is 1. The van der Waals surface area contributed by atoms with Crippen LogP contribution in [-0.2, 0) is 16.0 Å². The van der Waals surface area contributed by atoms with Crippen LogP contribution >= 0.6 is 23.2 Å². The van der Waals surface area contributed by atoms with Crippen LogP contribution in [0.5, 0.6) is 11.5 Å². The number of halogens is 2. The molecule has 1 unspecified atom stereocenters. The number of hydrogen-bond acceptors (Lipinski definition) is 4. The van der Waals surface area contributed by atoms with Gasteiger partial charge >= 0.3 is 5.97 Å². The minimum absolute atomic E-state index is 0.297. The van der Waals surface area contributed by atoms with Crippen LogP contribution in [0.25, 0.3) is 0 Å². The smallest absolute Gasteiger partial charge is 0.323 e. The molecular formula is C17H17Cl2NO3. The summed E-state index contributed by atoms with van der Waals surface area (Å²) in [4.78, 5) is 11.7. The quantitative estimate of drug-likeness (QED) is 0.789. The Morgan fingerprint density at radius 2 is 1.91 bits per heavy atom. The summed E-state index contributed by atoms with van der Waals surface area (Å²) >= 11 is 12.0. The van der Waals surface area contributed by atoms with Crippen molar-refractivity contribution in [2.75, 3.05) is 6.61 Å². The van der Waals surface area contributed by atoms with Crippen molar-refractivity contribution in [3.8, 4) is 11.5 Å². The molecule has 0 heterocycles. The number of nitrogens with two attached hydrogens (primary N) is 1. The Hall–Kier alpha value is -1.75. The molecule has 0 aliphatic rings. The first-order valence-corrected chi connectivity index (χ1v) is 7.90. The molecule has 2 aromatic rings. The highest BCUT2D eigenvalue weighted by atomic mass is 35.5. The molecule has 0 amide bonds. The standard InChI is InChI=1S/C17H17Cl2NO3/c1-2-22-17(21)14(20)9-11-5-3-4-6-15(11)23-16-8-7-12(18)10-13(16)19/h3-8,10,14H,2,9,20H2,1H3. The lowest BCUT2D eigenvalue weighted by atomic mass is 10.1. The van der Waals surface area contributed by atoms with E-state index in [9.17, 15) is 4.79 Å². The second-order valence-corrected chi connectivity index (χ2v) is 5.69. The van der Waals surface area contributed by atoms with E-state index >= 15 is 0 Å². The van der Waals surface area contributed by atoms with Gasteiger partial charge in [-0.1, -0.05) is 41.4 Å². The lowest BCUT2D eigenvalue weighted by Gasteiger charge is -2.15. The van der Waals surface area contributed by atoms with Crippen molar-refractivity contribution in [3.05, 3.63) is 58.1 Å². The number of rotatable bonds is 6. The average molecular weight is 354 g/mol. The van der Waals surface area contributed by atoms with Gasteiger partial charge in [-0.25, -0.2) is 0 Å². The molecular weight excluding hydrogens is 337 g/mol. The lowest BCUT2D eigenvalue weighted by Crippen LogP contribution is -2.34. The third-order valence-corrected chi connectivity index (χ3v) is 3.65. The van der Waals surface area contributed by atoms with E-state index < -0.39 is 12.0 Å². The van der Waals surface area contributed by atoms with Crippen LogP contribution in [0.3, 0.4) is 0 Å². The number of esters is 1. The third kappa shape index (κ3) is 4.86. The molecule has 0 fully saturated rings. The Balaban J connectivity index is 2.18. The summed E-state index contributed by atoms with van der Waals surface area (Å²) in [6, 6.07) is 11.5. The molecule has 122 valence electrons. The van der Waals surface area contributed by atoms with Crippen LogP contribution in [0.1, 0.15) is 12.5 Å². The summed E-state index contributed by atoms with van der Waals surface area (Å²) in [5.41, 5.74) is 6.66. The van der Waals surface area contributed by atoms with Crippen LogP contribution in [0.15, 0.2) is 42.5 Å². The first-order chi connectivity index (χ1) is 11.0. The zero-order valence-corrected chi connectivity index (χ0v) is 14.1. The SMILES string of the molecule is CCOC(=O)C(N)Cc1ccccc1Oc1ccc(Cl)cc1Cl. The summed E-state index contributed by atoms with van der Waals surface area (Å²) in [5.74, 6) is 0.622. The molecule has 0 aliphatic heterocycles. The molecule has 23 heavy (non-hydrogen) atoms. The highest BCUT2D eigenvalue weighted by molar-refractivity contribution is 6.35. The monoisotopic (exact) mass is 353 g/mol. The Labute approximate surface area is 145 Å². The van der Waals surface area contributed by atoms with Crippen LogP contribution < -0.4 is 10.5 Å². The highest BCUT2D eigenvalue weighted by Crippen LogP contribution is 2.33. The second-order valence-electron chi connectivity index (χ2n) is 4.85. The normalized spacial score (nSPS) is 11.8. The van der Waals surface area contributed by atoms with E-state index in [2.05, 4.69) is 0 Å². The van der Waals surface area contributed by atoms with Crippen molar-refractivity contribution in [1.82, 2.24) is 0 Å². The van der Waals surface area contributed by atoms with Crippen LogP contribution in [0.4, 0.5) is 0 Å².